The highest BCUT2D eigenvalue weighted by Gasteiger charge is 2.41. The molecule has 0 unspecified atom stereocenters. The van der Waals surface area contributed by atoms with Crippen LogP contribution in [0.3, 0.4) is 0 Å². The summed E-state index contributed by atoms with van der Waals surface area (Å²) in [5.74, 6) is -0.0194. The molecule has 1 aromatic rings. The van der Waals surface area contributed by atoms with Crippen LogP contribution in [0.1, 0.15) is 49.0 Å². The van der Waals surface area contributed by atoms with Gasteiger partial charge in [-0.2, -0.15) is 0 Å². The summed E-state index contributed by atoms with van der Waals surface area (Å²) in [6.45, 7) is 5.24. The molecule has 0 aliphatic carbocycles. The maximum atomic E-state index is 12.6. The van der Waals surface area contributed by atoms with Crippen molar-refractivity contribution in [1.82, 2.24) is 15.1 Å². The molecule has 0 spiro atoms. The van der Waals surface area contributed by atoms with Crippen LogP contribution in [0.5, 0.6) is 0 Å². The molecule has 25 heavy (non-hydrogen) atoms. The smallest absolute Gasteiger partial charge is 0.251 e. The van der Waals surface area contributed by atoms with Gasteiger partial charge >= 0.3 is 0 Å². The summed E-state index contributed by atoms with van der Waals surface area (Å²) in [5, 5.41) is 2.93. The Morgan fingerprint density at radius 2 is 2.00 bits per heavy atom. The van der Waals surface area contributed by atoms with Crippen LogP contribution in [0.4, 0.5) is 0 Å². The summed E-state index contributed by atoms with van der Waals surface area (Å²) < 4.78 is 0. The monoisotopic (exact) mass is 343 g/mol. The molecule has 3 rings (SSSR count). The Bertz CT molecular complexity index is 671. The highest BCUT2D eigenvalue weighted by molar-refractivity contribution is 5.95. The first-order valence-corrected chi connectivity index (χ1v) is 8.97. The van der Waals surface area contributed by atoms with Crippen molar-refractivity contribution in [3.05, 3.63) is 35.4 Å². The van der Waals surface area contributed by atoms with Crippen LogP contribution in [0.2, 0.25) is 0 Å². The number of piperazine rings is 1. The number of carbonyl (C=O) groups excluding carboxylic acids is 3. The van der Waals surface area contributed by atoms with E-state index in [2.05, 4.69) is 5.32 Å². The number of nitrogens with zero attached hydrogens (tertiary/aromatic N) is 2. The zero-order valence-electron chi connectivity index (χ0n) is 14.8. The lowest BCUT2D eigenvalue weighted by atomic mass is 10.1. The molecule has 1 aromatic carbocycles. The summed E-state index contributed by atoms with van der Waals surface area (Å²) in [4.78, 5) is 40.2. The van der Waals surface area contributed by atoms with Crippen molar-refractivity contribution in [2.75, 3.05) is 13.1 Å². The molecule has 2 saturated heterocycles. The molecule has 0 radical (unpaired) electrons. The highest BCUT2D eigenvalue weighted by Crippen LogP contribution is 2.24. The third-order valence-electron chi connectivity index (χ3n) is 5.08. The normalized spacial score (nSPS) is 21.3. The first-order chi connectivity index (χ1) is 12.0. The summed E-state index contributed by atoms with van der Waals surface area (Å²) >= 11 is 0. The maximum Gasteiger partial charge on any atom is 0.251 e. The van der Waals surface area contributed by atoms with E-state index in [4.69, 9.17) is 0 Å². The first kappa shape index (κ1) is 17.5. The lowest BCUT2D eigenvalue weighted by molar-refractivity contribution is -0.154. The van der Waals surface area contributed by atoms with Crippen LogP contribution in [-0.2, 0) is 16.1 Å². The SMILES string of the molecule is CC[C@@H](C)NC(=O)c1ccc(CN2CC(=O)N3CCC[C@@H]3C2=O)cc1. The number of benzene rings is 1. The molecule has 2 fully saturated rings. The van der Waals surface area contributed by atoms with E-state index < -0.39 is 0 Å². The summed E-state index contributed by atoms with van der Waals surface area (Å²) in [7, 11) is 0. The lowest BCUT2D eigenvalue weighted by Crippen LogP contribution is -2.56. The van der Waals surface area contributed by atoms with E-state index >= 15 is 0 Å². The predicted octanol–water partition coefficient (Wildman–Crippen LogP) is 1.55. The van der Waals surface area contributed by atoms with E-state index in [9.17, 15) is 14.4 Å². The third kappa shape index (κ3) is 3.67. The molecular weight excluding hydrogens is 318 g/mol. The summed E-state index contributed by atoms with van der Waals surface area (Å²) in [6, 6.07) is 7.10. The van der Waals surface area contributed by atoms with Crippen LogP contribution < -0.4 is 5.32 Å². The number of nitrogens with one attached hydrogen (secondary N) is 1. The molecule has 0 saturated carbocycles. The molecular formula is C19H25N3O3. The van der Waals surface area contributed by atoms with E-state index in [-0.39, 0.29) is 36.3 Å². The van der Waals surface area contributed by atoms with Crippen LogP contribution in [0.15, 0.2) is 24.3 Å². The van der Waals surface area contributed by atoms with Gasteiger partial charge in [0.15, 0.2) is 0 Å². The molecule has 134 valence electrons. The number of fused-ring (bicyclic) bond motifs is 1. The van der Waals surface area contributed by atoms with E-state index in [0.29, 0.717) is 18.7 Å². The number of hydrogen-bond acceptors (Lipinski definition) is 3. The molecule has 2 aliphatic rings. The summed E-state index contributed by atoms with van der Waals surface area (Å²) in [6.07, 6.45) is 2.54. The Hall–Kier alpha value is -2.37. The van der Waals surface area contributed by atoms with Gasteiger partial charge in [-0.1, -0.05) is 19.1 Å². The van der Waals surface area contributed by atoms with Gasteiger partial charge in [0.2, 0.25) is 11.8 Å². The fourth-order valence-corrected chi connectivity index (χ4v) is 3.39. The Kier molecular flexibility index (Phi) is 5.06. The van der Waals surface area contributed by atoms with Gasteiger partial charge in [0.05, 0.1) is 0 Å². The minimum absolute atomic E-state index is 0.0339. The first-order valence-electron chi connectivity index (χ1n) is 8.97. The second kappa shape index (κ2) is 7.25. The third-order valence-corrected chi connectivity index (χ3v) is 5.08. The number of amides is 3. The molecule has 2 heterocycles. The quantitative estimate of drug-likeness (QED) is 0.882. The predicted molar refractivity (Wildman–Crippen MR) is 93.8 cm³/mol. The van der Waals surface area contributed by atoms with Crippen molar-refractivity contribution in [2.45, 2.75) is 51.7 Å². The molecule has 3 amide bonds. The van der Waals surface area contributed by atoms with Gasteiger partial charge < -0.3 is 15.1 Å². The Labute approximate surface area is 148 Å². The topological polar surface area (TPSA) is 69.7 Å². The van der Waals surface area contributed by atoms with E-state index in [0.717, 1.165) is 24.8 Å². The minimum atomic E-state index is -0.276. The Morgan fingerprint density at radius 1 is 1.28 bits per heavy atom. The van der Waals surface area contributed by atoms with Crippen LogP contribution >= 0.6 is 0 Å². The molecule has 2 aliphatic heterocycles. The standard InChI is InChI=1S/C19H25N3O3/c1-3-13(2)20-18(24)15-8-6-14(7-9-15)11-21-12-17(23)22-10-4-5-16(22)19(21)25/h6-9,13,16H,3-5,10-12H2,1-2H3,(H,20,24)/t13-,16-/m1/s1. The van der Waals surface area contributed by atoms with Crippen molar-refractivity contribution in [3.8, 4) is 0 Å². The van der Waals surface area contributed by atoms with Gasteiger partial charge in [0, 0.05) is 24.7 Å². The van der Waals surface area contributed by atoms with Crippen molar-refractivity contribution in [1.29, 1.82) is 0 Å². The minimum Gasteiger partial charge on any atom is -0.350 e. The van der Waals surface area contributed by atoms with Crippen molar-refractivity contribution in [3.63, 3.8) is 0 Å². The van der Waals surface area contributed by atoms with E-state index in [1.54, 1.807) is 21.9 Å². The van der Waals surface area contributed by atoms with Crippen LogP contribution in [0.25, 0.3) is 0 Å². The Morgan fingerprint density at radius 3 is 2.68 bits per heavy atom. The average molecular weight is 343 g/mol. The van der Waals surface area contributed by atoms with Crippen molar-refractivity contribution < 1.29 is 14.4 Å². The van der Waals surface area contributed by atoms with Crippen LogP contribution in [0, 0.1) is 0 Å². The maximum absolute atomic E-state index is 12.6. The van der Waals surface area contributed by atoms with Gasteiger partial charge in [0.25, 0.3) is 5.91 Å². The molecule has 2 atom stereocenters. The van der Waals surface area contributed by atoms with Gasteiger partial charge in [-0.15, -0.1) is 0 Å². The number of rotatable bonds is 5. The summed E-state index contributed by atoms with van der Waals surface area (Å²) in [5.41, 5.74) is 1.53. The second-order valence-electron chi connectivity index (χ2n) is 6.92. The van der Waals surface area contributed by atoms with Gasteiger partial charge in [-0.05, 0) is 43.9 Å². The fraction of sp³-hybridized carbons (Fsp3) is 0.526. The largest absolute Gasteiger partial charge is 0.350 e. The molecule has 1 N–H and O–H groups in total. The van der Waals surface area contributed by atoms with Gasteiger partial charge in [-0.3, -0.25) is 14.4 Å². The van der Waals surface area contributed by atoms with E-state index in [1.807, 2.05) is 26.0 Å². The lowest BCUT2D eigenvalue weighted by Gasteiger charge is -2.36. The van der Waals surface area contributed by atoms with Crippen molar-refractivity contribution >= 4 is 17.7 Å². The van der Waals surface area contributed by atoms with Gasteiger partial charge in [-0.25, -0.2) is 0 Å². The second-order valence-corrected chi connectivity index (χ2v) is 6.92. The zero-order chi connectivity index (χ0) is 18.0. The molecule has 0 aromatic heterocycles. The van der Waals surface area contributed by atoms with Gasteiger partial charge in [0.1, 0.15) is 12.6 Å². The average Bonchev–Trinajstić information content (AvgIpc) is 3.10. The molecule has 6 heteroatoms. The number of carbonyl (C=O) groups is 3. The molecule has 6 nitrogen and oxygen atoms in total. The number of hydrogen-bond donors (Lipinski definition) is 1. The zero-order valence-corrected chi connectivity index (χ0v) is 14.8. The molecule has 0 bridgehead atoms. The van der Waals surface area contributed by atoms with Crippen molar-refractivity contribution in [2.24, 2.45) is 0 Å². The van der Waals surface area contributed by atoms with Crippen LogP contribution in [-0.4, -0.2) is 52.7 Å². The van der Waals surface area contributed by atoms with E-state index in [1.165, 1.54) is 0 Å². The Balaban J connectivity index is 1.64. The highest BCUT2D eigenvalue weighted by atomic mass is 16.2. The fourth-order valence-electron chi connectivity index (χ4n) is 3.39.